The number of aromatic nitrogens is 1. The first-order valence-corrected chi connectivity index (χ1v) is 12.1. The summed E-state index contributed by atoms with van der Waals surface area (Å²) in [6.45, 7) is 4.62. The number of aryl methyl sites for hydroxylation is 1. The van der Waals surface area contributed by atoms with Gasteiger partial charge in [0.05, 0.1) is 19.4 Å². The van der Waals surface area contributed by atoms with Gasteiger partial charge in [0, 0.05) is 31.9 Å². The highest BCUT2D eigenvalue weighted by Gasteiger charge is 2.17. The number of likely N-dealkylation sites (N-methyl/N-ethyl adjacent to an activating group) is 1. The van der Waals surface area contributed by atoms with Gasteiger partial charge >= 0.3 is 0 Å². The Bertz CT molecular complexity index is 1210. The number of nitrogens with zero attached hydrogens (tertiary/aromatic N) is 2. The smallest absolute Gasteiger partial charge is 0.264 e. The topological polar surface area (TPSA) is 135 Å². The van der Waals surface area contributed by atoms with Gasteiger partial charge in [0.2, 0.25) is 17.7 Å². The summed E-state index contributed by atoms with van der Waals surface area (Å²) in [5, 5.41) is 5.08. The molecule has 0 unspecified atom stereocenters. The van der Waals surface area contributed by atoms with Gasteiger partial charge in [-0.05, 0) is 60.4 Å². The molecular formula is C23H28N4O6S. The number of carbonyl (C=O) groups is 3. The number of hydrogen-bond acceptors (Lipinski definition) is 7. The molecule has 0 radical (unpaired) electrons. The highest BCUT2D eigenvalue weighted by atomic mass is 32.2. The molecule has 0 aliphatic rings. The van der Waals surface area contributed by atoms with Gasteiger partial charge in [-0.1, -0.05) is 6.07 Å². The number of anilines is 2. The number of rotatable bonds is 9. The van der Waals surface area contributed by atoms with Gasteiger partial charge in [0.1, 0.15) is 5.82 Å². The van der Waals surface area contributed by atoms with Crippen LogP contribution < -0.4 is 15.5 Å². The molecule has 3 amide bonds. The molecule has 0 aliphatic carbocycles. The van der Waals surface area contributed by atoms with Gasteiger partial charge in [0.25, 0.3) is 10.1 Å². The molecular weight excluding hydrogens is 460 g/mol. The van der Waals surface area contributed by atoms with Crippen molar-refractivity contribution < 1.29 is 27.0 Å². The van der Waals surface area contributed by atoms with Crippen LogP contribution >= 0.6 is 0 Å². The number of nitrogens with one attached hydrogen (secondary N) is 2. The van der Waals surface area contributed by atoms with Crippen molar-refractivity contribution in [1.29, 1.82) is 0 Å². The number of amides is 3. The molecule has 0 spiro atoms. The van der Waals surface area contributed by atoms with Crippen LogP contribution in [0.4, 0.5) is 11.5 Å². The SMILES string of the molecule is CC(=O)Nc1ccc(/C=C/C(=O)NCC(=O)N(C)c2ccc(C)c(COS(C)(=O)=O)c2C)cn1. The molecule has 11 heteroatoms. The van der Waals surface area contributed by atoms with Crippen LogP contribution in [-0.4, -0.2) is 51.0 Å². The first-order chi connectivity index (χ1) is 15.9. The highest BCUT2D eigenvalue weighted by molar-refractivity contribution is 7.85. The van der Waals surface area contributed by atoms with E-state index >= 15 is 0 Å². The van der Waals surface area contributed by atoms with E-state index < -0.39 is 16.0 Å². The average molecular weight is 489 g/mol. The summed E-state index contributed by atoms with van der Waals surface area (Å²) in [6.07, 6.45) is 5.29. The maximum absolute atomic E-state index is 12.6. The predicted octanol–water partition coefficient (Wildman–Crippen LogP) is 1.93. The van der Waals surface area contributed by atoms with E-state index in [1.54, 1.807) is 38.2 Å². The van der Waals surface area contributed by atoms with Gasteiger partial charge in [-0.25, -0.2) is 4.98 Å². The molecule has 1 aromatic heterocycles. The lowest BCUT2D eigenvalue weighted by atomic mass is 10.0. The van der Waals surface area contributed by atoms with Crippen LogP contribution in [0.15, 0.2) is 36.5 Å². The fourth-order valence-corrected chi connectivity index (χ4v) is 3.37. The van der Waals surface area contributed by atoms with Crippen molar-refractivity contribution in [2.24, 2.45) is 0 Å². The Morgan fingerprint density at radius 1 is 1.15 bits per heavy atom. The Kier molecular flexibility index (Phi) is 9.04. The monoisotopic (exact) mass is 488 g/mol. The van der Waals surface area contributed by atoms with Gasteiger partial charge in [-0.15, -0.1) is 0 Å². The lowest BCUT2D eigenvalue weighted by Gasteiger charge is -2.22. The molecule has 1 heterocycles. The van der Waals surface area contributed by atoms with E-state index in [1.807, 2.05) is 6.92 Å². The quantitative estimate of drug-likeness (QED) is 0.407. The third-order valence-electron chi connectivity index (χ3n) is 4.89. The zero-order valence-corrected chi connectivity index (χ0v) is 20.5. The van der Waals surface area contributed by atoms with Crippen LogP contribution in [0.5, 0.6) is 0 Å². The fraction of sp³-hybridized carbons (Fsp3) is 0.304. The van der Waals surface area contributed by atoms with E-state index in [2.05, 4.69) is 15.6 Å². The van der Waals surface area contributed by atoms with E-state index in [9.17, 15) is 22.8 Å². The normalized spacial score (nSPS) is 11.3. The largest absolute Gasteiger partial charge is 0.343 e. The maximum Gasteiger partial charge on any atom is 0.264 e. The van der Waals surface area contributed by atoms with Crippen LogP contribution in [0.3, 0.4) is 0 Å². The zero-order chi connectivity index (χ0) is 25.5. The zero-order valence-electron chi connectivity index (χ0n) is 19.7. The first-order valence-electron chi connectivity index (χ1n) is 10.3. The Balaban J connectivity index is 1.98. The minimum atomic E-state index is -3.61. The Morgan fingerprint density at radius 2 is 1.85 bits per heavy atom. The molecule has 0 aliphatic heterocycles. The third kappa shape index (κ3) is 8.09. The molecule has 10 nitrogen and oxygen atoms in total. The molecule has 0 atom stereocenters. The van der Waals surface area contributed by atoms with Crippen molar-refractivity contribution in [2.45, 2.75) is 27.4 Å². The molecule has 34 heavy (non-hydrogen) atoms. The van der Waals surface area contributed by atoms with E-state index in [4.69, 9.17) is 4.18 Å². The first kappa shape index (κ1) is 26.7. The van der Waals surface area contributed by atoms with Gasteiger partial charge < -0.3 is 15.5 Å². The second-order valence-electron chi connectivity index (χ2n) is 7.63. The molecule has 2 aromatic rings. The van der Waals surface area contributed by atoms with Crippen LogP contribution in [-0.2, 0) is 35.3 Å². The van der Waals surface area contributed by atoms with Crippen LogP contribution in [0, 0.1) is 13.8 Å². The maximum atomic E-state index is 12.6. The average Bonchev–Trinajstić information content (AvgIpc) is 2.75. The lowest BCUT2D eigenvalue weighted by Crippen LogP contribution is -2.38. The summed E-state index contributed by atoms with van der Waals surface area (Å²) in [5.74, 6) is -0.648. The standard InChI is InChI=1S/C23H28N4O6S/c1-15-6-9-20(16(2)19(15)14-33-34(5,31)32)27(4)23(30)13-25-22(29)11-8-18-7-10-21(24-12-18)26-17(3)28/h6-12H,13-14H2,1-5H3,(H,25,29)(H,24,26,28)/b11-8+. The summed E-state index contributed by atoms with van der Waals surface area (Å²) in [7, 11) is -2.04. The van der Waals surface area contributed by atoms with E-state index in [-0.39, 0.29) is 25.0 Å². The van der Waals surface area contributed by atoms with Gasteiger partial charge in [0.15, 0.2) is 0 Å². The van der Waals surface area contributed by atoms with Gasteiger partial charge in [-0.3, -0.25) is 18.6 Å². The molecule has 1 aromatic carbocycles. The summed E-state index contributed by atoms with van der Waals surface area (Å²) in [5.41, 5.74) is 3.45. The number of pyridine rings is 1. The van der Waals surface area contributed by atoms with Crippen LogP contribution in [0.25, 0.3) is 6.08 Å². The van der Waals surface area contributed by atoms with Crippen molar-refractivity contribution in [1.82, 2.24) is 10.3 Å². The fourth-order valence-electron chi connectivity index (χ4n) is 3.04. The lowest BCUT2D eigenvalue weighted by molar-refractivity contribution is -0.122. The Labute approximate surface area is 199 Å². The molecule has 182 valence electrons. The van der Waals surface area contributed by atoms with E-state index in [0.717, 1.165) is 11.8 Å². The minimum Gasteiger partial charge on any atom is -0.343 e. The van der Waals surface area contributed by atoms with Crippen molar-refractivity contribution >= 4 is 45.4 Å². The number of benzene rings is 1. The summed E-state index contributed by atoms with van der Waals surface area (Å²) in [6, 6.07) is 6.83. The van der Waals surface area contributed by atoms with Crippen molar-refractivity contribution in [2.75, 3.05) is 30.1 Å². The van der Waals surface area contributed by atoms with Crippen molar-refractivity contribution in [3.63, 3.8) is 0 Å². The van der Waals surface area contributed by atoms with Crippen LogP contribution in [0.2, 0.25) is 0 Å². The summed E-state index contributed by atoms with van der Waals surface area (Å²) < 4.78 is 27.6. The molecule has 0 bridgehead atoms. The Hall–Kier alpha value is -3.57. The molecule has 0 fully saturated rings. The second-order valence-corrected chi connectivity index (χ2v) is 9.28. The van der Waals surface area contributed by atoms with Gasteiger partial charge in [-0.2, -0.15) is 8.42 Å². The van der Waals surface area contributed by atoms with E-state index in [1.165, 1.54) is 30.2 Å². The predicted molar refractivity (Wildman–Crippen MR) is 130 cm³/mol. The molecule has 2 rings (SSSR count). The number of carbonyl (C=O) groups excluding carboxylic acids is 3. The second kappa shape index (κ2) is 11.5. The van der Waals surface area contributed by atoms with E-state index in [0.29, 0.717) is 28.2 Å². The summed E-state index contributed by atoms with van der Waals surface area (Å²) >= 11 is 0. The third-order valence-corrected chi connectivity index (χ3v) is 5.43. The van der Waals surface area contributed by atoms with Crippen molar-refractivity contribution in [3.8, 4) is 0 Å². The molecule has 0 saturated carbocycles. The number of hydrogen-bond donors (Lipinski definition) is 2. The Morgan fingerprint density at radius 3 is 2.44 bits per heavy atom. The molecule has 0 saturated heterocycles. The van der Waals surface area contributed by atoms with Crippen LogP contribution in [0.1, 0.15) is 29.2 Å². The minimum absolute atomic E-state index is 0.130. The summed E-state index contributed by atoms with van der Waals surface area (Å²) in [4.78, 5) is 41.2. The highest BCUT2D eigenvalue weighted by Crippen LogP contribution is 2.26. The molecule has 2 N–H and O–H groups in total. The van der Waals surface area contributed by atoms with Crippen molar-refractivity contribution in [3.05, 3.63) is 58.8 Å².